The summed E-state index contributed by atoms with van der Waals surface area (Å²) in [5.74, 6) is 0.681. The van der Waals surface area contributed by atoms with Gasteiger partial charge < -0.3 is 4.90 Å². The first-order valence-electron chi connectivity index (χ1n) is 6.16. The molecule has 0 bridgehead atoms. The van der Waals surface area contributed by atoms with Crippen LogP contribution in [0.2, 0.25) is 5.02 Å². The summed E-state index contributed by atoms with van der Waals surface area (Å²) in [6.45, 7) is 2.41. The van der Waals surface area contributed by atoms with Crippen LogP contribution in [0.15, 0.2) is 18.2 Å². The van der Waals surface area contributed by atoms with E-state index in [-0.39, 0.29) is 0 Å². The molecule has 1 aliphatic heterocycles. The Morgan fingerprint density at radius 3 is 3.00 bits per heavy atom. The number of halogens is 1. The maximum Gasteiger partial charge on any atom is 0.0440 e. The minimum Gasteiger partial charge on any atom is -0.368 e. The molecule has 3 rings (SSSR count). The highest BCUT2D eigenvalue weighted by atomic mass is 35.5. The van der Waals surface area contributed by atoms with E-state index in [9.17, 15) is 0 Å². The SMILES string of the molecule is CN1c2ccc(Cl)cc2[C@@H]2CCCC[C@@]21C. The summed E-state index contributed by atoms with van der Waals surface area (Å²) in [6.07, 6.45) is 5.34. The zero-order chi connectivity index (χ0) is 11.3. The van der Waals surface area contributed by atoms with Crippen molar-refractivity contribution in [2.75, 3.05) is 11.9 Å². The highest BCUT2D eigenvalue weighted by Gasteiger charge is 2.47. The molecule has 0 amide bonds. The Kier molecular flexibility index (Phi) is 2.22. The molecule has 0 saturated heterocycles. The second kappa shape index (κ2) is 3.40. The van der Waals surface area contributed by atoms with Crippen LogP contribution in [0, 0.1) is 0 Å². The smallest absolute Gasteiger partial charge is 0.0440 e. The lowest BCUT2D eigenvalue weighted by molar-refractivity contribution is 0.283. The summed E-state index contributed by atoms with van der Waals surface area (Å²) in [5, 5.41) is 0.877. The molecule has 2 heteroatoms. The van der Waals surface area contributed by atoms with Gasteiger partial charge in [-0.1, -0.05) is 24.4 Å². The van der Waals surface area contributed by atoms with E-state index >= 15 is 0 Å². The minimum absolute atomic E-state index is 0.325. The molecule has 1 heterocycles. The lowest BCUT2D eigenvalue weighted by Crippen LogP contribution is -2.45. The first kappa shape index (κ1) is 10.5. The maximum absolute atomic E-state index is 6.13. The number of benzene rings is 1. The van der Waals surface area contributed by atoms with Crippen LogP contribution < -0.4 is 4.90 Å². The van der Waals surface area contributed by atoms with E-state index in [1.165, 1.54) is 36.9 Å². The van der Waals surface area contributed by atoms with Gasteiger partial charge in [0.1, 0.15) is 0 Å². The second-order valence-electron chi connectivity index (χ2n) is 5.42. The van der Waals surface area contributed by atoms with Crippen molar-refractivity contribution in [3.05, 3.63) is 28.8 Å². The fourth-order valence-corrected chi connectivity index (χ4v) is 3.77. The zero-order valence-corrected chi connectivity index (χ0v) is 10.7. The quantitative estimate of drug-likeness (QED) is 0.651. The lowest BCUT2D eigenvalue weighted by Gasteiger charge is -2.42. The number of hydrogen-bond donors (Lipinski definition) is 0. The molecule has 0 unspecified atom stereocenters. The molecular formula is C14H18ClN. The van der Waals surface area contributed by atoms with Crippen LogP contribution in [0.5, 0.6) is 0 Å². The zero-order valence-electron chi connectivity index (χ0n) is 9.96. The molecule has 1 aromatic carbocycles. The third kappa shape index (κ3) is 1.24. The third-order valence-corrected chi connectivity index (χ3v) is 4.90. The van der Waals surface area contributed by atoms with Gasteiger partial charge in [0.05, 0.1) is 0 Å². The number of hydrogen-bond acceptors (Lipinski definition) is 1. The first-order valence-corrected chi connectivity index (χ1v) is 6.54. The lowest BCUT2D eigenvalue weighted by atomic mass is 9.73. The third-order valence-electron chi connectivity index (χ3n) is 4.67. The van der Waals surface area contributed by atoms with Crippen molar-refractivity contribution in [2.45, 2.75) is 44.1 Å². The van der Waals surface area contributed by atoms with Crippen LogP contribution >= 0.6 is 11.6 Å². The Hall–Kier alpha value is -0.690. The average molecular weight is 236 g/mol. The summed E-state index contributed by atoms with van der Waals surface area (Å²) >= 11 is 6.13. The van der Waals surface area contributed by atoms with Gasteiger partial charge in [-0.2, -0.15) is 0 Å². The van der Waals surface area contributed by atoms with Crippen LogP contribution in [0.25, 0.3) is 0 Å². The molecule has 1 nitrogen and oxygen atoms in total. The Morgan fingerprint density at radius 2 is 2.19 bits per heavy atom. The van der Waals surface area contributed by atoms with Crippen molar-refractivity contribution < 1.29 is 0 Å². The van der Waals surface area contributed by atoms with Crippen molar-refractivity contribution in [1.29, 1.82) is 0 Å². The Balaban J connectivity index is 2.14. The molecule has 0 radical (unpaired) electrons. The van der Waals surface area contributed by atoms with Crippen molar-refractivity contribution in [2.24, 2.45) is 0 Å². The molecule has 0 spiro atoms. The fourth-order valence-electron chi connectivity index (χ4n) is 3.59. The fraction of sp³-hybridized carbons (Fsp3) is 0.571. The highest BCUT2D eigenvalue weighted by molar-refractivity contribution is 6.30. The molecule has 2 aliphatic rings. The molecule has 1 saturated carbocycles. The van der Waals surface area contributed by atoms with Gasteiger partial charge in [0.25, 0.3) is 0 Å². The summed E-state index contributed by atoms with van der Waals surface area (Å²) in [4.78, 5) is 2.47. The van der Waals surface area contributed by atoms with E-state index in [4.69, 9.17) is 11.6 Å². The number of anilines is 1. The summed E-state index contributed by atoms with van der Waals surface area (Å²) in [7, 11) is 2.23. The Morgan fingerprint density at radius 1 is 1.38 bits per heavy atom. The van der Waals surface area contributed by atoms with E-state index < -0.39 is 0 Å². The van der Waals surface area contributed by atoms with Gasteiger partial charge in [0.15, 0.2) is 0 Å². The molecular weight excluding hydrogens is 218 g/mol. The van der Waals surface area contributed by atoms with Crippen molar-refractivity contribution in [3.63, 3.8) is 0 Å². The van der Waals surface area contributed by atoms with Gasteiger partial charge in [0, 0.05) is 29.2 Å². The number of likely N-dealkylation sites (N-methyl/N-ethyl adjacent to an activating group) is 1. The van der Waals surface area contributed by atoms with Gasteiger partial charge in [-0.3, -0.25) is 0 Å². The van der Waals surface area contributed by atoms with Gasteiger partial charge >= 0.3 is 0 Å². The number of rotatable bonds is 0. The number of fused-ring (bicyclic) bond motifs is 3. The summed E-state index contributed by atoms with van der Waals surface area (Å²) in [6, 6.07) is 6.37. The maximum atomic E-state index is 6.13. The standard InChI is InChI=1S/C14H18ClN/c1-14-8-4-3-5-12(14)11-9-10(15)6-7-13(11)16(14)2/h6-7,9,12H,3-5,8H2,1-2H3/t12-,14-/m0/s1. The molecule has 0 N–H and O–H groups in total. The van der Waals surface area contributed by atoms with Crippen LogP contribution in [-0.2, 0) is 0 Å². The van der Waals surface area contributed by atoms with Crippen molar-refractivity contribution >= 4 is 17.3 Å². The van der Waals surface area contributed by atoms with Crippen molar-refractivity contribution in [1.82, 2.24) is 0 Å². The van der Waals surface area contributed by atoms with Crippen LogP contribution in [0.4, 0.5) is 5.69 Å². The minimum atomic E-state index is 0.325. The van der Waals surface area contributed by atoms with E-state index in [1.54, 1.807) is 0 Å². The van der Waals surface area contributed by atoms with Gasteiger partial charge in [-0.15, -0.1) is 0 Å². The van der Waals surface area contributed by atoms with Gasteiger partial charge in [-0.25, -0.2) is 0 Å². The summed E-state index contributed by atoms with van der Waals surface area (Å²) < 4.78 is 0. The van der Waals surface area contributed by atoms with Crippen LogP contribution in [0.1, 0.15) is 44.1 Å². The van der Waals surface area contributed by atoms with E-state index in [1.807, 2.05) is 6.07 Å². The number of nitrogens with zero attached hydrogens (tertiary/aromatic N) is 1. The molecule has 16 heavy (non-hydrogen) atoms. The van der Waals surface area contributed by atoms with Crippen molar-refractivity contribution in [3.8, 4) is 0 Å². The Labute approximate surface area is 102 Å². The van der Waals surface area contributed by atoms with Crippen LogP contribution in [-0.4, -0.2) is 12.6 Å². The predicted octanol–water partition coefficient (Wildman–Crippen LogP) is 4.21. The van der Waals surface area contributed by atoms with E-state index in [0.717, 1.165) is 5.02 Å². The molecule has 2 atom stereocenters. The highest BCUT2D eigenvalue weighted by Crippen LogP contribution is 2.54. The molecule has 1 aromatic rings. The average Bonchev–Trinajstić information content (AvgIpc) is 2.49. The predicted molar refractivity (Wildman–Crippen MR) is 69.5 cm³/mol. The summed E-state index contributed by atoms with van der Waals surface area (Å²) in [5.41, 5.74) is 3.18. The van der Waals surface area contributed by atoms with Gasteiger partial charge in [0.2, 0.25) is 0 Å². The van der Waals surface area contributed by atoms with Gasteiger partial charge in [-0.05, 0) is 43.5 Å². The molecule has 86 valence electrons. The first-order chi connectivity index (χ1) is 7.63. The van der Waals surface area contributed by atoms with Crippen LogP contribution in [0.3, 0.4) is 0 Å². The molecule has 0 aromatic heterocycles. The van der Waals surface area contributed by atoms with E-state index in [0.29, 0.717) is 11.5 Å². The topological polar surface area (TPSA) is 3.24 Å². The Bertz CT molecular complexity index is 429. The largest absolute Gasteiger partial charge is 0.368 e. The second-order valence-corrected chi connectivity index (χ2v) is 5.85. The normalized spacial score (nSPS) is 32.4. The van der Waals surface area contributed by atoms with E-state index in [2.05, 4.69) is 31.0 Å². The molecule has 1 fully saturated rings. The monoisotopic (exact) mass is 235 g/mol. The molecule has 1 aliphatic carbocycles.